The van der Waals surface area contributed by atoms with E-state index in [-0.39, 0.29) is 5.17 Å². The molecular weight excluding hydrogens is 257 g/mol. The summed E-state index contributed by atoms with van der Waals surface area (Å²) in [5.41, 5.74) is -0.877. The summed E-state index contributed by atoms with van der Waals surface area (Å²) in [6.45, 7) is 0. The standard InChI is InChI=1S/C5H8Cl3N3OS/c1-13-4(9)11-5(12)10-3(8)2(6)7/h2-3H,1H3,(H3,9,10,11,12). The van der Waals surface area contributed by atoms with Crippen LogP contribution < -0.4 is 10.6 Å². The van der Waals surface area contributed by atoms with Crippen LogP contribution in [0.1, 0.15) is 0 Å². The maximum atomic E-state index is 10.9. The fourth-order valence-electron chi connectivity index (χ4n) is 0.378. The van der Waals surface area contributed by atoms with Gasteiger partial charge in [-0.3, -0.25) is 10.7 Å². The third kappa shape index (κ3) is 6.26. The molecular formula is C5H8Cl3N3OS. The van der Waals surface area contributed by atoms with E-state index in [1.54, 1.807) is 6.26 Å². The molecule has 0 aromatic carbocycles. The van der Waals surface area contributed by atoms with Crippen LogP contribution in [0.3, 0.4) is 0 Å². The first-order chi connectivity index (χ1) is 5.97. The van der Waals surface area contributed by atoms with Gasteiger partial charge in [0.1, 0.15) is 10.3 Å². The molecule has 8 heteroatoms. The molecule has 0 saturated carbocycles. The number of nitrogens with one attached hydrogen (secondary N) is 3. The molecule has 0 heterocycles. The first kappa shape index (κ1) is 13.2. The van der Waals surface area contributed by atoms with Gasteiger partial charge in [0, 0.05) is 0 Å². The van der Waals surface area contributed by atoms with Crippen molar-refractivity contribution < 1.29 is 4.79 Å². The number of carbonyl (C=O) groups excluding carboxylic acids is 1. The Bertz CT molecular complexity index is 201. The summed E-state index contributed by atoms with van der Waals surface area (Å²) in [7, 11) is 0. The van der Waals surface area contributed by atoms with E-state index in [1.165, 1.54) is 0 Å². The molecule has 76 valence electrons. The van der Waals surface area contributed by atoms with Gasteiger partial charge in [-0.05, 0) is 6.26 Å². The van der Waals surface area contributed by atoms with Crippen LogP contribution in [0.2, 0.25) is 0 Å². The van der Waals surface area contributed by atoms with E-state index in [0.29, 0.717) is 0 Å². The van der Waals surface area contributed by atoms with E-state index in [1.807, 2.05) is 0 Å². The van der Waals surface area contributed by atoms with Gasteiger partial charge < -0.3 is 5.32 Å². The van der Waals surface area contributed by atoms with Crippen LogP contribution >= 0.6 is 46.6 Å². The lowest BCUT2D eigenvalue weighted by Gasteiger charge is -2.12. The first-order valence-corrected chi connectivity index (χ1v) is 5.63. The zero-order valence-electron chi connectivity index (χ0n) is 6.61. The Labute approximate surface area is 95.2 Å². The van der Waals surface area contributed by atoms with Crippen molar-refractivity contribution in [2.24, 2.45) is 0 Å². The minimum absolute atomic E-state index is 0.0158. The monoisotopic (exact) mass is 263 g/mol. The van der Waals surface area contributed by atoms with Crippen LogP contribution in [-0.4, -0.2) is 27.8 Å². The predicted octanol–water partition coefficient (Wildman–Crippen LogP) is 1.95. The highest BCUT2D eigenvalue weighted by atomic mass is 35.5. The van der Waals surface area contributed by atoms with E-state index >= 15 is 0 Å². The summed E-state index contributed by atoms with van der Waals surface area (Å²) in [5.74, 6) is 0. The van der Waals surface area contributed by atoms with Gasteiger partial charge in [-0.15, -0.1) is 23.2 Å². The molecule has 0 aliphatic rings. The molecule has 0 spiro atoms. The highest BCUT2D eigenvalue weighted by Crippen LogP contribution is 2.10. The fraction of sp³-hybridized carbons (Fsp3) is 0.600. The molecule has 0 rings (SSSR count). The maximum Gasteiger partial charge on any atom is 0.322 e. The molecule has 4 nitrogen and oxygen atoms in total. The normalized spacial score (nSPS) is 12.4. The smallest absolute Gasteiger partial charge is 0.319 e. The van der Waals surface area contributed by atoms with Crippen molar-refractivity contribution in [2.75, 3.05) is 6.26 Å². The van der Waals surface area contributed by atoms with E-state index in [4.69, 9.17) is 40.2 Å². The van der Waals surface area contributed by atoms with Crippen LogP contribution in [0.4, 0.5) is 4.79 Å². The van der Waals surface area contributed by atoms with Crippen molar-refractivity contribution >= 4 is 57.8 Å². The van der Waals surface area contributed by atoms with Crippen molar-refractivity contribution in [2.45, 2.75) is 10.3 Å². The molecule has 0 aromatic heterocycles. The Kier molecular flexibility index (Phi) is 6.67. The van der Waals surface area contributed by atoms with Crippen molar-refractivity contribution in [3.63, 3.8) is 0 Å². The van der Waals surface area contributed by atoms with E-state index in [2.05, 4.69) is 10.6 Å². The van der Waals surface area contributed by atoms with Crippen LogP contribution in [0.5, 0.6) is 0 Å². The minimum atomic E-state index is -0.893. The summed E-state index contributed by atoms with van der Waals surface area (Å²) < 4.78 is 0. The summed E-state index contributed by atoms with van der Waals surface area (Å²) >= 11 is 17.4. The number of halogens is 3. The molecule has 13 heavy (non-hydrogen) atoms. The minimum Gasteiger partial charge on any atom is -0.319 e. The average Bonchev–Trinajstić information content (AvgIpc) is 2.03. The molecule has 0 radical (unpaired) electrons. The van der Waals surface area contributed by atoms with Crippen LogP contribution in [0.25, 0.3) is 0 Å². The fourth-order valence-corrected chi connectivity index (χ4v) is 0.798. The van der Waals surface area contributed by atoms with Gasteiger partial charge in [0.2, 0.25) is 0 Å². The molecule has 0 aliphatic carbocycles. The Morgan fingerprint density at radius 2 is 2.00 bits per heavy atom. The molecule has 0 bridgehead atoms. The zero-order chi connectivity index (χ0) is 10.4. The van der Waals surface area contributed by atoms with E-state index in [0.717, 1.165) is 11.8 Å². The van der Waals surface area contributed by atoms with Gasteiger partial charge >= 0.3 is 6.03 Å². The van der Waals surface area contributed by atoms with Gasteiger partial charge in [-0.25, -0.2) is 4.79 Å². The topological polar surface area (TPSA) is 65.0 Å². The van der Waals surface area contributed by atoms with Crippen LogP contribution in [-0.2, 0) is 0 Å². The second kappa shape index (κ2) is 6.59. The van der Waals surface area contributed by atoms with Gasteiger partial charge in [-0.2, -0.15) is 0 Å². The number of hydrogen-bond acceptors (Lipinski definition) is 3. The Balaban J connectivity index is 3.81. The Morgan fingerprint density at radius 3 is 2.38 bits per heavy atom. The zero-order valence-corrected chi connectivity index (χ0v) is 9.69. The highest BCUT2D eigenvalue weighted by Gasteiger charge is 2.16. The number of amidine groups is 1. The summed E-state index contributed by atoms with van der Waals surface area (Å²) in [5, 5.41) is 11.6. The van der Waals surface area contributed by atoms with Gasteiger partial charge in [0.05, 0.1) is 0 Å². The lowest BCUT2D eigenvalue weighted by Crippen LogP contribution is -2.43. The molecule has 2 amide bonds. The lowest BCUT2D eigenvalue weighted by molar-refractivity contribution is 0.245. The number of thioether (sulfide) groups is 1. The summed E-state index contributed by atoms with van der Waals surface area (Å²) in [6.07, 6.45) is 1.66. The highest BCUT2D eigenvalue weighted by molar-refractivity contribution is 8.13. The van der Waals surface area contributed by atoms with E-state index in [9.17, 15) is 4.79 Å². The number of carbonyl (C=O) groups is 1. The second-order valence-electron chi connectivity index (χ2n) is 1.87. The van der Waals surface area contributed by atoms with Gasteiger partial charge in [0.25, 0.3) is 0 Å². The van der Waals surface area contributed by atoms with Crippen LogP contribution in [0.15, 0.2) is 0 Å². The molecule has 1 atom stereocenters. The molecule has 3 N–H and O–H groups in total. The number of alkyl halides is 3. The largest absolute Gasteiger partial charge is 0.322 e. The van der Waals surface area contributed by atoms with Crippen molar-refractivity contribution in [1.29, 1.82) is 5.41 Å². The maximum absolute atomic E-state index is 10.9. The van der Waals surface area contributed by atoms with Crippen LogP contribution in [0, 0.1) is 5.41 Å². The van der Waals surface area contributed by atoms with Crippen molar-refractivity contribution in [1.82, 2.24) is 10.6 Å². The van der Waals surface area contributed by atoms with Crippen molar-refractivity contribution in [3.05, 3.63) is 0 Å². The number of amides is 2. The molecule has 0 aliphatic heterocycles. The number of rotatable bonds is 2. The Hall–Kier alpha value is 0.160. The Morgan fingerprint density at radius 1 is 1.46 bits per heavy atom. The average molecular weight is 265 g/mol. The van der Waals surface area contributed by atoms with E-state index < -0.39 is 16.4 Å². The van der Waals surface area contributed by atoms with Crippen molar-refractivity contribution in [3.8, 4) is 0 Å². The molecule has 0 aromatic rings. The third-order valence-corrected chi connectivity index (χ3v) is 2.55. The number of hydrogen-bond donors (Lipinski definition) is 3. The third-order valence-electron chi connectivity index (χ3n) is 0.921. The second-order valence-corrected chi connectivity index (χ2v) is 4.32. The van der Waals surface area contributed by atoms with Gasteiger partial charge in [0.15, 0.2) is 5.17 Å². The number of urea groups is 1. The van der Waals surface area contributed by atoms with Gasteiger partial charge in [-0.1, -0.05) is 23.4 Å². The lowest BCUT2D eigenvalue weighted by atomic mass is 10.7. The quantitative estimate of drug-likeness (QED) is 0.309. The molecule has 1 unspecified atom stereocenters. The first-order valence-electron chi connectivity index (χ1n) is 3.09. The predicted molar refractivity (Wildman–Crippen MR) is 58.0 cm³/mol. The summed E-state index contributed by atoms with van der Waals surface area (Å²) in [4.78, 5) is 10.1. The SMILES string of the molecule is CSC(=N)NC(=O)NC(Cl)C(Cl)Cl. The molecule has 0 fully saturated rings. The molecule has 0 saturated heterocycles. The summed E-state index contributed by atoms with van der Waals surface area (Å²) in [6, 6.07) is -0.606.